The zero-order valence-corrected chi connectivity index (χ0v) is 16.9. The van der Waals surface area contributed by atoms with E-state index in [0.717, 1.165) is 10.2 Å². The minimum atomic E-state index is -0.477. The summed E-state index contributed by atoms with van der Waals surface area (Å²) >= 11 is 1.46. The van der Waals surface area contributed by atoms with E-state index in [9.17, 15) is 14.0 Å². The lowest BCUT2D eigenvalue weighted by Gasteiger charge is -2.05. The SMILES string of the molecule is Cc1ccc(NC(=O)Cn2nc3c(SCc4ccccc4)nccn3c2=O)cc1F. The molecule has 2 aromatic heterocycles. The van der Waals surface area contributed by atoms with Crippen LogP contribution in [0.1, 0.15) is 11.1 Å². The van der Waals surface area contributed by atoms with Crippen molar-refractivity contribution in [1.82, 2.24) is 19.2 Å². The molecule has 30 heavy (non-hydrogen) atoms. The first-order chi connectivity index (χ1) is 14.5. The molecular weight excluding hydrogens is 405 g/mol. The van der Waals surface area contributed by atoms with Crippen molar-refractivity contribution in [3.63, 3.8) is 0 Å². The monoisotopic (exact) mass is 423 g/mol. The van der Waals surface area contributed by atoms with E-state index in [1.807, 2.05) is 30.3 Å². The Labute approximate surface area is 175 Å². The van der Waals surface area contributed by atoms with Gasteiger partial charge in [-0.3, -0.25) is 4.79 Å². The van der Waals surface area contributed by atoms with Gasteiger partial charge in [-0.2, -0.15) is 0 Å². The summed E-state index contributed by atoms with van der Waals surface area (Å²) in [5.74, 6) is -0.215. The summed E-state index contributed by atoms with van der Waals surface area (Å²) in [6.07, 6.45) is 3.05. The lowest BCUT2D eigenvalue weighted by molar-refractivity contribution is -0.117. The molecule has 0 fully saturated rings. The number of nitrogens with one attached hydrogen (secondary N) is 1. The van der Waals surface area contributed by atoms with Gasteiger partial charge in [0.25, 0.3) is 0 Å². The maximum Gasteiger partial charge on any atom is 0.350 e. The fraction of sp³-hybridized carbons (Fsp3) is 0.143. The van der Waals surface area contributed by atoms with Gasteiger partial charge in [-0.15, -0.1) is 5.10 Å². The van der Waals surface area contributed by atoms with Crippen molar-refractivity contribution in [2.45, 2.75) is 24.2 Å². The number of rotatable bonds is 6. The average Bonchev–Trinajstić information content (AvgIpc) is 3.06. The topological polar surface area (TPSA) is 81.3 Å². The fourth-order valence-corrected chi connectivity index (χ4v) is 3.76. The van der Waals surface area contributed by atoms with Gasteiger partial charge in [0, 0.05) is 23.8 Å². The number of benzene rings is 2. The summed E-state index contributed by atoms with van der Waals surface area (Å²) in [4.78, 5) is 29.3. The van der Waals surface area contributed by atoms with Crippen LogP contribution < -0.4 is 11.0 Å². The van der Waals surface area contributed by atoms with Gasteiger partial charge in [0.1, 0.15) is 17.4 Å². The highest BCUT2D eigenvalue weighted by molar-refractivity contribution is 7.98. The Morgan fingerprint density at radius 3 is 2.77 bits per heavy atom. The second-order valence-electron chi connectivity index (χ2n) is 6.65. The van der Waals surface area contributed by atoms with Crippen LogP contribution in [0.3, 0.4) is 0 Å². The van der Waals surface area contributed by atoms with E-state index in [-0.39, 0.29) is 6.54 Å². The second kappa shape index (κ2) is 8.50. The second-order valence-corrected chi connectivity index (χ2v) is 7.62. The predicted molar refractivity (Wildman–Crippen MR) is 113 cm³/mol. The van der Waals surface area contributed by atoms with Crippen LogP contribution in [-0.2, 0) is 17.1 Å². The molecule has 2 aromatic carbocycles. The number of halogens is 1. The number of thioether (sulfide) groups is 1. The summed E-state index contributed by atoms with van der Waals surface area (Å²) in [6, 6.07) is 14.3. The highest BCUT2D eigenvalue weighted by Gasteiger charge is 2.15. The standard InChI is InChI=1S/C21H18FN5O2S/c1-14-7-8-16(11-17(14)22)24-18(28)12-27-21(29)26-10-9-23-20(19(26)25-27)30-13-15-5-3-2-4-6-15/h2-11H,12-13H2,1H3,(H,24,28). The molecule has 0 aliphatic rings. The van der Waals surface area contributed by atoms with Gasteiger partial charge in [0.2, 0.25) is 5.91 Å². The van der Waals surface area contributed by atoms with E-state index >= 15 is 0 Å². The third-order valence-electron chi connectivity index (χ3n) is 4.44. The van der Waals surface area contributed by atoms with E-state index in [0.29, 0.717) is 27.7 Å². The summed E-state index contributed by atoms with van der Waals surface area (Å²) in [5.41, 5.74) is 1.87. The summed E-state index contributed by atoms with van der Waals surface area (Å²) in [5, 5.41) is 7.46. The zero-order chi connectivity index (χ0) is 21.1. The molecule has 4 aromatic rings. The van der Waals surface area contributed by atoms with E-state index in [1.54, 1.807) is 19.1 Å². The van der Waals surface area contributed by atoms with Crippen LogP contribution in [-0.4, -0.2) is 25.1 Å². The minimum Gasteiger partial charge on any atom is -0.324 e. The van der Waals surface area contributed by atoms with Crippen LogP contribution in [0.25, 0.3) is 5.65 Å². The van der Waals surface area contributed by atoms with E-state index in [1.165, 1.54) is 34.6 Å². The number of hydrogen-bond donors (Lipinski definition) is 1. The number of anilines is 1. The molecule has 0 unspecified atom stereocenters. The molecule has 0 saturated carbocycles. The van der Waals surface area contributed by atoms with Crippen molar-refractivity contribution in [1.29, 1.82) is 0 Å². The van der Waals surface area contributed by atoms with Crippen LogP contribution >= 0.6 is 11.8 Å². The summed E-state index contributed by atoms with van der Waals surface area (Å²) in [7, 11) is 0. The first-order valence-corrected chi connectivity index (χ1v) is 10.2. The molecule has 1 amide bonds. The number of aromatic nitrogens is 4. The van der Waals surface area contributed by atoms with Gasteiger partial charge < -0.3 is 5.32 Å². The van der Waals surface area contributed by atoms with Gasteiger partial charge in [-0.1, -0.05) is 48.2 Å². The number of fused-ring (bicyclic) bond motifs is 1. The van der Waals surface area contributed by atoms with Crippen LogP contribution in [0, 0.1) is 12.7 Å². The Morgan fingerprint density at radius 2 is 2.00 bits per heavy atom. The number of carbonyl (C=O) groups is 1. The summed E-state index contributed by atoms with van der Waals surface area (Å²) < 4.78 is 16.1. The van der Waals surface area contributed by atoms with Gasteiger partial charge in [-0.25, -0.2) is 23.3 Å². The smallest absolute Gasteiger partial charge is 0.324 e. The third kappa shape index (κ3) is 4.25. The predicted octanol–water partition coefficient (Wildman–Crippen LogP) is 3.27. The van der Waals surface area contributed by atoms with Crippen LogP contribution in [0.5, 0.6) is 0 Å². The zero-order valence-electron chi connectivity index (χ0n) is 16.1. The largest absolute Gasteiger partial charge is 0.350 e. The molecule has 9 heteroatoms. The van der Waals surface area contributed by atoms with E-state index in [4.69, 9.17) is 0 Å². The molecule has 0 atom stereocenters. The first kappa shape index (κ1) is 19.8. The van der Waals surface area contributed by atoms with Gasteiger partial charge in [0.05, 0.1) is 0 Å². The molecule has 2 heterocycles. The van der Waals surface area contributed by atoms with Crippen LogP contribution in [0.2, 0.25) is 0 Å². The van der Waals surface area contributed by atoms with Crippen molar-refractivity contribution in [3.8, 4) is 0 Å². The van der Waals surface area contributed by atoms with Crippen LogP contribution in [0.4, 0.5) is 10.1 Å². The molecule has 0 aliphatic heterocycles. The van der Waals surface area contributed by atoms with E-state index in [2.05, 4.69) is 15.4 Å². The van der Waals surface area contributed by atoms with Crippen LogP contribution in [0.15, 0.2) is 70.7 Å². The quantitative estimate of drug-likeness (QED) is 0.482. The number of nitrogens with zero attached hydrogens (tertiary/aromatic N) is 4. The lowest BCUT2D eigenvalue weighted by atomic mass is 10.2. The number of amides is 1. The molecular formula is C21H18FN5O2S. The highest BCUT2D eigenvalue weighted by Crippen LogP contribution is 2.23. The molecule has 7 nitrogen and oxygen atoms in total. The molecule has 152 valence electrons. The maximum atomic E-state index is 13.7. The average molecular weight is 423 g/mol. The fourth-order valence-electron chi connectivity index (χ4n) is 2.86. The lowest BCUT2D eigenvalue weighted by Crippen LogP contribution is -2.28. The Morgan fingerprint density at radius 1 is 1.20 bits per heavy atom. The Kier molecular flexibility index (Phi) is 5.62. The number of hydrogen-bond acceptors (Lipinski definition) is 5. The molecule has 1 N–H and O–H groups in total. The minimum absolute atomic E-state index is 0.293. The van der Waals surface area contributed by atoms with E-state index < -0.39 is 17.4 Å². The highest BCUT2D eigenvalue weighted by atomic mass is 32.2. The third-order valence-corrected chi connectivity index (χ3v) is 5.48. The number of aryl methyl sites for hydroxylation is 1. The molecule has 0 bridgehead atoms. The van der Waals surface area contributed by atoms with Gasteiger partial charge >= 0.3 is 5.69 Å². The van der Waals surface area contributed by atoms with Crippen molar-refractivity contribution < 1.29 is 9.18 Å². The van der Waals surface area contributed by atoms with Crippen molar-refractivity contribution in [3.05, 3.63) is 88.4 Å². The summed E-state index contributed by atoms with van der Waals surface area (Å²) in [6.45, 7) is 1.34. The first-order valence-electron chi connectivity index (χ1n) is 9.18. The molecule has 0 saturated heterocycles. The van der Waals surface area contributed by atoms with Crippen molar-refractivity contribution in [2.75, 3.05) is 5.32 Å². The molecule has 0 radical (unpaired) electrons. The normalized spacial score (nSPS) is 11.0. The van der Waals surface area contributed by atoms with Gasteiger partial charge in [-0.05, 0) is 30.2 Å². The van der Waals surface area contributed by atoms with Gasteiger partial charge in [0.15, 0.2) is 5.65 Å². The Balaban J connectivity index is 1.53. The van der Waals surface area contributed by atoms with Crippen molar-refractivity contribution in [2.24, 2.45) is 0 Å². The van der Waals surface area contributed by atoms with Crippen molar-refractivity contribution >= 4 is 29.0 Å². The molecule has 0 spiro atoms. The Bertz CT molecular complexity index is 1270. The number of carbonyl (C=O) groups excluding carboxylic acids is 1. The maximum absolute atomic E-state index is 13.7. The molecule has 0 aliphatic carbocycles. The molecule has 4 rings (SSSR count). The Hall–Kier alpha value is -3.46.